The third kappa shape index (κ3) is 2.71. The zero-order valence-corrected chi connectivity index (χ0v) is 13.0. The van der Waals surface area contributed by atoms with Gasteiger partial charge >= 0.3 is 0 Å². The van der Waals surface area contributed by atoms with Gasteiger partial charge in [0.1, 0.15) is 4.90 Å². The lowest BCUT2D eigenvalue weighted by Crippen LogP contribution is -2.33. The number of sulfonamides is 1. The van der Waals surface area contributed by atoms with Crippen molar-refractivity contribution in [1.29, 1.82) is 0 Å². The minimum atomic E-state index is -3.43. The molecule has 0 saturated heterocycles. The Morgan fingerprint density at radius 2 is 2.00 bits per heavy atom. The number of aryl methyl sites for hydroxylation is 2. The molecule has 17 heavy (non-hydrogen) atoms. The summed E-state index contributed by atoms with van der Waals surface area (Å²) in [7, 11) is -1.68. The SMILES string of the molecule is CCN(CCBr)S(=O)(=O)c1c(C)nn(C)c1C. The summed E-state index contributed by atoms with van der Waals surface area (Å²) in [5, 5.41) is 4.78. The molecule has 0 bridgehead atoms. The fourth-order valence-corrected chi connectivity index (χ4v) is 4.31. The van der Waals surface area contributed by atoms with Crippen LogP contribution in [0.1, 0.15) is 18.3 Å². The summed E-state index contributed by atoms with van der Waals surface area (Å²) in [5.74, 6) is 0. The Balaban J connectivity index is 3.30. The Morgan fingerprint density at radius 1 is 1.41 bits per heavy atom. The molecule has 1 aromatic heterocycles. The number of rotatable bonds is 5. The quantitative estimate of drug-likeness (QED) is 0.770. The van der Waals surface area contributed by atoms with Crippen molar-refractivity contribution < 1.29 is 8.42 Å². The van der Waals surface area contributed by atoms with Crippen LogP contribution in [0, 0.1) is 13.8 Å². The van der Waals surface area contributed by atoms with Gasteiger partial charge in [0.2, 0.25) is 10.0 Å². The van der Waals surface area contributed by atoms with E-state index >= 15 is 0 Å². The molecule has 7 heteroatoms. The molecule has 0 aromatic carbocycles. The minimum absolute atomic E-state index is 0.336. The summed E-state index contributed by atoms with van der Waals surface area (Å²) in [6, 6.07) is 0. The molecule has 98 valence electrons. The van der Waals surface area contributed by atoms with E-state index in [4.69, 9.17) is 0 Å². The highest BCUT2D eigenvalue weighted by Gasteiger charge is 2.28. The zero-order valence-electron chi connectivity index (χ0n) is 10.6. The number of alkyl halides is 1. The average Bonchev–Trinajstić information content (AvgIpc) is 2.49. The smallest absolute Gasteiger partial charge is 0.246 e. The summed E-state index contributed by atoms with van der Waals surface area (Å²) in [6.45, 7) is 6.26. The van der Waals surface area contributed by atoms with Crippen LogP contribution in [0.4, 0.5) is 0 Å². The molecule has 0 saturated carbocycles. The molecule has 0 N–H and O–H groups in total. The lowest BCUT2D eigenvalue weighted by molar-refractivity contribution is 0.447. The van der Waals surface area contributed by atoms with Gasteiger partial charge in [0.15, 0.2) is 0 Å². The van der Waals surface area contributed by atoms with Crippen LogP contribution in [0.15, 0.2) is 4.90 Å². The topological polar surface area (TPSA) is 55.2 Å². The van der Waals surface area contributed by atoms with E-state index in [1.54, 1.807) is 25.6 Å². The number of aromatic nitrogens is 2. The number of hydrogen-bond donors (Lipinski definition) is 0. The van der Waals surface area contributed by atoms with Crippen molar-refractivity contribution in [2.75, 3.05) is 18.4 Å². The van der Waals surface area contributed by atoms with Gasteiger partial charge in [-0.05, 0) is 13.8 Å². The van der Waals surface area contributed by atoms with Crippen LogP contribution in [-0.4, -0.2) is 40.9 Å². The van der Waals surface area contributed by atoms with E-state index in [1.165, 1.54) is 4.31 Å². The first-order valence-electron chi connectivity index (χ1n) is 5.42. The lowest BCUT2D eigenvalue weighted by Gasteiger charge is -2.19. The van der Waals surface area contributed by atoms with Gasteiger partial charge in [-0.1, -0.05) is 22.9 Å². The fourth-order valence-electron chi connectivity index (χ4n) is 1.80. The molecule has 1 aromatic rings. The van der Waals surface area contributed by atoms with E-state index in [1.807, 2.05) is 6.92 Å². The van der Waals surface area contributed by atoms with Crippen molar-refractivity contribution >= 4 is 26.0 Å². The van der Waals surface area contributed by atoms with Crippen molar-refractivity contribution in [2.24, 2.45) is 7.05 Å². The Kier molecular flexibility index (Phi) is 4.74. The van der Waals surface area contributed by atoms with Crippen LogP contribution in [0.25, 0.3) is 0 Å². The second kappa shape index (κ2) is 5.49. The van der Waals surface area contributed by atoms with Crippen LogP contribution in [-0.2, 0) is 17.1 Å². The van der Waals surface area contributed by atoms with Crippen LogP contribution >= 0.6 is 15.9 Å². The van der Waals surface area contributed by atoms with Gasteiger partial charge < -0.3 is 0 Å². The van der Waals surface area contributed by atoms with Gasteiger partial charge in [-0.25, -0.2) is 8.42 Å². The maximum Gasteiger partial charge on any atom is 0.246 e. The number of nitrogens with zero attached hydrogens (tertiary/aromatic N) is 3. The van der Waals surface area contributed by atoms with E-state index < -0.39 is 10.0 Å². The van der Waals surface area contributed by atoms with E-state index in [9.17, 15) is 8.42 Å². The average molecular weight is 324 g/mol. The van der Waals surface area contributed by atoms with Gasteiger partial charge in [0, 0.05) is 25.5 Å². The molecule has 1 rings (SSSR count). The molecule has 0 spiro atoms. The van der Waals surface area contributed by atoms with Gasteiger partial charge in [0.05, 0.1) is 11.4 Å². The normalized spacial score (nSPS) is 12.4. The van der Waals surface area contributed by atoms with Gasteiger partial charge in [-0.2, -0.15) is 9.40 Å². The van der Waals surface area contributed by atoms with Crippen LogP contribution in [0.5, 0.6) is 0 Å². The maximum absolute atomic E-state index is 12.5. The molecular formula is C10H18BrN3O2S. The summed E-state index contributed by atoms with van der Waals surface area (Å²) in [4.78, 5) is 0.336. The summed E-state index contributed by atoms with van der Waals surface area (Å²) in [6.07, 6.45) is 0. The largest absolute Gasteiger partial charge is 0.271 e. The Labute approximate surface area is 111 Å². The van der Waals surface area contributed by atoms with Crippen molar-refractivity contribution in [3.63, 3.8) is 0 Å². The number of hydrogen-bond acceptors (Lipinski definition) is 3. The van der Waals surface area contributed by atoms with Crippen molar-refractivity contribution in [1.82, 2.24) is 14.1 Å². The standard InChI is InChI=1S/C10H18BrN3O2S/c1-5-14(7-6-11)17(15,16)10-8(2)12-13(4)9(10)3/h5-7H2,1-4H3. The summed E-state index contributed by atoms with van der Waals surface area (Å²) in [5.41, 5.74) is 1.23. The molecular weight excluding hydrogens is 306 g/mol. The first kappa shape index (κ1) is 14.7. The predicted molar refractivity (Wildman–Crippen MR) is 70.9 cm³/mol. The van der Waals surface area contributed by atoms with E-state index in [0.29, 0.717) is 34.7 Å². The van der Waals surface area contributed by atoms with Crippen LogP contribution < -0.4 is 0 Å². The monoisotopic (exact) mass is 323 g/mol. The molecule has 5 nitrogen and oxygen atoms in total. The third-order valence-corrected chi connectivity index (χ3v) is 5.31. The third-order valence-electron chi connectivity index (χ3n) is 2.73. The van der Waals surface area contributed by atoms with Crippen molar-refractivity contribution in [3.05, 3.63) is 11.4 Å². The van der Waals surface area contributed by atoms with Crippen molar-refractivity contribution in [2.45, 2.75) is 25.7 Å². The molecule has 0 atom stereocenters. The molecule has 0 aliphatic rings. The second-order valence-electron chi connectivity index (χ2n) is 3.81. The zero-order chi connectivity index (χ0) is 13.2. The first-order valence-corrected chi connectivity index (χ1v) is 7.98. The molecule has 0 fully saturated rings. The van der Waals surface area contributed by atoms with E-state index in [2.05, 4.69) is 21.0 Å². The molecule has 0 unspecified atom stereocenters. The molecule has 0 aliphatic heterocycles. The fraction of sp³-hybridized carbons (Fsp3) is 0.700. The Bertz CT molecular complexity index is 496. The number of halogens is 1. The summed E-state index contributed by atoms with van der Waals surface area (Å²) < 4.78 is 28.0. The van der Waals surface area contributed by atoms with E-state index in [0.717, 1.165) is 0 Å². The highest BCUT2D eigenvalue weighted by Crippen LogP contribution is 2.22. The Hall–Kier alpha value is -0.400. The van der Waals surface area contributed by atoms with Crippen molar-refractivity contribution in [3.8, 4) is 0 Å². The molecule has 0 amide bonds. The predicted octanol–water partition coefficient (Wildman–Crippen LogP) is 1.44. The molecule has 0 radical (unpaired) electrons. The summed E-state index contributed by atoms with van der Waals surface area (Å²) >= 11 is 3.27. The minimum Gasteiger partial charge on any atom is -0.271 e. The highest BCUT2D eigenvalue weighted by molar-refractivity contribution is 9.09. The van der Waals surface area contributed by atoms with Gasteiger partial charge in [0.25, 0.3) is 0 Å². The Morgan fingerprint density at radius 3 is 2.35 bits per heavy atom. The molecule has 1 heterocycles. The maximum atomic E-state index is 12.5. The second-order valence-corrected chi connectivity index (χ2v) is 6.48. The van der Waals surface area contributed by atoms with Crippen LogP contribution in [0.3, 0.4) is 0 Å². The first-order chi connectivity index (χ1) is 7.86. The van der Waals surface area contributed by atoms with Crippen LogP contribution in [0.2, 0.25) is 0 Å². The van der Waals surface area contributed by atoms with E-state index in [-0.39, 0.29) is 0 Å². The van der Waals surface area contributed by atoms with Gasteiger partial charge in [-0.3, -0.25) is 4.68 Å². The lowest BCUT2D eigenvalue weighted by atomic mass is 10.4. The van der Waals surface area contributed by atoms with Gasteiger partial charge in [-0.15, -0.1) is 0 Å². The highest BCUT2D eigenvalue weighted by atomic mass is 79.9. The molecule has 0 aliphatic carbocycles.